The molecule has 0 unspecified atom stereocenters. The SMILES string of the molecule is COc1ccc(C[C@H]2NCCc3cc4c(cc32)OCCO4)cc1OC. The first-order valence-corrected chi connectivity index (χ1v) is 8.65. The third kappa shape index (κ3) is 3.12. The normalized spacial score (nSPS) is 18.4. The second-order valence-corrected chi connectivity index (χ2v) is 6.34. The molecule has 5 nitrogen and oxygen atoms in total. The number of rotatable bonds is 4. The molecule has 1 atom stereocenters. The van der Waals surface area contributed by atoms with Gasteiger partial charge < -0.3 is 24.3 Å². The molecule has 4 rings (SSSR count). The van der Waals surface area contributed by atoms with E-state index in [1.807, 2.05) is 12.1 Å². The van der Waals surface area contributed by atoms with Crippen LogP contribution >= 0.6 is 0 Å². The van der Waals surface area contributed by atoms with Crippen molar-refractivity contribution in [1.29, 1.82) is 0 Å². The van der Waals surface area contributed by atoms with Crippen molar-refractivity contribution in [3.05, 3.63) is 47.0 Å². The van der Waals surface area contributed by atoms with E-state index in [1.165, 1.54) is 16.7 Å². The van der Waals surface area contributed by atoms with E-state index in [-0.39, 0.29) is 6.04 Å². The maximum absolute atomic E-state index is 5.77. The summed E-state index contributed by atoms with van der Waals surface area (Å²) in [7, 11) is 3.32. The summed E-state index contributed by atoms with van der Waals surface area (Å²) >= 11 is 0. The summed E-state index contributed by atoms with van der Waals surface area (Å²) in [6.07, 6.45) is 1.89. The highest BCUT2D eigenvalue weighted by atomic mass is 16.6. The van der Waals surface area contributed by atoms with Gasteiger partial charge in [0.05, 0.1) is 14.2 Å². The van der Waals surface area contributed by atoms with Crippen LogP contribution in [0.1, 0.15) is 22.7 Å². The van der Waals surface area contributed by atoms with Gasteiger partial charge in [-0.1, -0.05) is 6.07 Å². The van der Waals surface area contributed by atoms with E-state index in [9.17, 15) is 0 Å². The molecule has 0 spiro atoms. The van der Waals surface area contributed by atoms with Crippen molar-refractivity contribution in [2.75, 3.05) is 34.0 Å². The number of nitrogens with one attached hydrogen (secondary N) is 1. The molecule has 2 aromatic rings. The van der Waals surface area contributed by atoms with Crippen molar-refractivity contribution in [2.24, 2.45) is 0 Å². The van der Waals surface area contributed by atoms with Gasteiger partial charge in [-0.05, 0) is 60.3 Å². The molecule has 132 valence electrons. The number of hydrogen-bond donors (Lipinski definition) is 1. The summed E-state index contributed by atoms with van der Waals surface area (Å²) in [5, 5.41) is 3.63. The van der Waals surface area contributed by atoms with Crippen molar-refractivity contribution >= 4 is 0 Å². The fourth-order valence-electron chi connectivity index (χ4n) is 3.60. The zero-order chi connectivity index (χ0) is 17.2. The van der Waals surface area contributed by atoms with Gasteiger partial charge in [-0.3, -0.25) is 0 Å². The van der Waals surface area contributed by atoms with Crippen molar-refractivity contribution in [1.82, 2.24) is 5.32 Å². The van der Waals surface area contributed by atoms with E-state index in [0.29, 0.717) is 13.2 Å². The quantitative estimate of drug-likeness (QED) is 0.927. The standard InChI is InChI=1S/C20H23NO4/c1-22-17-4-3-13(10-18(17)23-2)9-16-15-12-20-19(24-7-8-25-20)11-14(15)5-6-21-16/h3-4,10-12,16,21H,5-9H2,1-2H3/t16-/m1/s1. The summed E-state index contributed by atoms with van der Waals surface area (Å²) in [6, 6.07) is 10.6. The zero-order valence-electron chi connectivity index (χ0n) is 14.6. The first-order valence-electron chi connectivity index (χ1n) is 8.65. The smallest absolute Gasteiger partial charge is 0.161 e. The highest BCUT2D eigenvalue weighted by Gasteiger charge is 2.24. The molecule has 0 bridgehead atoms. The highest BCUT2D eigenvalue weighted by molar-refractivity contribution is 5.51. The van der Waals surface area contributed by atoms with Crippen molar-refractivity contribution in [2.45, 2.75) is 18.9 Å². The molecule has 0 aromatic heterocycles. The van der Waals surface area contributed by atoms with E-state index in [1.54, 1.807) is 14.2 Å². The van der Waals surface area contributed by atoms with Crippen LogP contribution in [-0.4, -0.2) is 34.0 Å². The van der Waals surface area contributed by atoms with Gasteiger partial charge in [-0.25, -0.2) is 0 Å². The molecule has 1 N–H and O–H groups in total. The molecule has 0 aliphatic carbocycles. The van der Waals surface area contributed by atoms with Gasteiger partial charge in [0.2, 0.25) is 0 Å². The molecule has 0 saturated heterocycles. The lowest BCUT2D eigenvalue weighted by atomic mass is 9.89. The average molecular weight is 341 g/mol. The Morgan fingerprint density at radius 3 is 2.52 bits per heavy atom. The lowest BCUT2D eigenvalue weighted by Gasteiger charge is -2.30. The number of fused-ring (bicyclic) bond motifs is 2. The van der Waals surface area contributed by atoms with Gasteiger partial charge in [-0.15, -0.1) is 0 Å². The predicted molar refractivity (Wildman–Crippen MR) is 95.1 cm³/mol. The lowest BCUT2D eigenvalue weighted by Crippen LogP contribution is -2.31. The summed E-state index contributed by atoms with van der Waals surface area (Å²) in [6.45, 7) is 2.20. The fourth-order valence-corrected chi connectivity index (χ4v) is 3.60. The topological polar surface area (TPSA) is 49.0 Å². The van der Waals surface area contributed by atoms with Crippen LogP contribution in [0.3, 0.4) is 0 Å². The Hall–Kier alpha value is -2.40. The monoisotopic (exact) mass is 341 g/mol. The Kier molecular flexibility index (Phi) is 4.40. The molecular formula is C20H23NO4. The van der Waals surface area contributed by atoms with E-state index in [2.05, 4.69) is 23.5 Å². The molecule has 0 fully saturated rings. The third-order valence-corrected chi connectivity index (χ3v) is 4.85. The molecule has 0 saturated carbocycles. The average Bonchev–Trinajstić information content (AvgIpc) is 2.66. The minimum Gasteiger partial charge on any atom is -0.493 e. The minimum absolute atomic E-state index is 0.248. The maximum Gasteiger partial charge on any atom is 0.161 e. The molecule has 2 aliphatic rings. The van der Waals surface area contributed by atoms with E-state index in [0.717, 1.165) is 42.4 Å². The minimum atomic E-state index is 0.248. The molecule has 2 aromatic carbocycles. The summed E-state index contributed by atoms with van der Waals surface area (Å²) in [5.74, 6) is 3.24. The van der Waals surface area contributed by atoms with Crippen molar-refractivity contribution in [3.8, 4) is 23.0 Å². The number of hydrogen-bond acceptors (Lipinski definition) is 5. The Labute approximate surface area is 147 Å². The second kappa shape index (κ2) is 6.84. The first-order chi connectivity index (χ1) is 12.3. The number of benzene rings is 2. The van der Waals surface area contributed by atoms with Gasteiger partial charge in [0, 0.05) is 6.04 Å². The van der Waals surface area contributed by atoms with Crippen LogP contribution in [0, 0.1) is 0 Å². The summed E-state index contributed by atoms with van der Waals surface area (Å²) in [5.41, 5.74) is 3.84. The molecule has 0 radical (unpaired) electrons. The Morgan fingerprint density at radius 1 is 1.00 bits per heavy atom. The van der Waals surface area contributed by atoms with Gasteiger partial charge in [-0.2, -0.15) is 0 Å². The number of ether oxygens (including phenoxy) is 4. The van der Waals surface area contributed by atoms with Crippen LogP contribution in [0.25, 0.3) is 0 Å². The maximum atomic E-state index is 5.77. The van der Waals surface area contributed by atoms with Crippen molar-refractivity contribution in [3.63, 3.8) is 0 Å². The predicted octanol–water partition coefficient (Wildman–Crippen LogP) is 2.90. The van der Waals surface area contributed by atoms with Gasteiger partial charge in [0.1, 0.15) is 13.2 Å². The molecule has 2 heterocycles. The van der Waals surface area contributed by atoms with Gasteiger partial charge in [0.25, 0.3) is 0 Å². The van der Waals surface area contributed by atoms with Crippen molar-refractivity contribution < 1.29 is 18.9 Å². The molecular weight excluding hydrogens is 318 g/mol. The zero-order valence-corrected chi connectivity index (χ0v) is 14.6. The highest BCUT2D eigenvalue weighted by Crippen LogP contribution is 2.38. The lowest BCUT2D eigenvalue weighted by molar-refractivity contribution is 0.171. The van der Waals surface area contributed by atoms with Crippen LogP contribution in [0.2, 0.25) is 0 Å². The van der Waals surface area contributed by atoms with E-state index >= 15 is 0 Å². The molecule has 5 heteroatoms. The van der Waals surface area contributed by atoms with Gasteiger partial charge in [0.15, 0.2) is 23.0 Å². The Bertz CT molecular complexity index is 775. The Balaban J connectivity index is 1.63. The van der Waals surface area contributed by atoms with Gasteiger partial charge >= 0.3 is 0 Å². The summed E-state index contributed by atoms with van der Waals surface area (Å²) < 4.78 is 22.2. The molecule has 25 heavy (non-hydrogen) atoms. The first kappa shape index (κ1) is 16.1. The van der Waals surface area contributed by atoms with Crippen LogP contribution in [0.4, 0.5) is 0 Å². The molecule has 2 aliphatic heterocycles. The van der Waals surface area contributed by atoms with E-state index < -0.39 is 0 Å². The number of methoxy groups -OCH3 is 2. The van der Waals surface area contributed by atoms with E-state index in [4.69, 9.17) is 18.9 Å². The second-order valence-electron chi connectivity index (χ2n) is 6.34. The fraction of sp³-hybridized carbons (Fsp3) is 0.400. The van der Waals surface area contributed by atoms with Crippen LogP contribution in [-0.2, 0) is 12.8 Å². The van der Waals surface area contributed by atoms with Crippen LogP contribution in [0.5, 0.6) is 23.0 Å². The summed E-state index contributed by atoms with van der Waals surface area (Å²) in [4.78, 5) is 0. The Morgan fingerprint density at radius 2 is 1.76 bits per heavy atom. The van der Waals surface area contributed by atoms with Crippen LogP contribution in [0.15, 0.2) is 30.3 Å². The van der Waals surface area contributed by atoms with Crippen LogP contribution < -0.4 is 24.3 Å². The largest absolute Gasteiger partial charge is 0.493 e. The molecule has 0 amide bonds. The third-order valence-electron chi connectivity index (χ3n) is 4.85.